The van der Waals surface area contributed by atoms with Gasteiger partial charge in [-0.3, -0.25) is 4.79 Å². The van der Waals surface area contributed by atoms with Gasteiger partial charge < -0.3 is 19.4 Å². The molecule has 7 heteroatoms. The summed E-state index contributed by atoms with van der Waals surface area (Å²) in [5.41, 5.74) is 2.50. The molecule has 2 heterocycles. The number of rotatable bonds is 8. The first kappa shape index (κ1) is 17.9. The molecule has 2 aromatic heterocycles. The van der Waals surface area contributed by atoms with Crippen LogP contribution in [-0.2, 0) is 29.0 Å². The highest BCUT2D eigenvalue weighted by Gasteiger charge is 2.12. The molecule has 136 valence electrons. The average Bonchev–Trinajstić information content (AvgIpc) is 3.02. The van der Waals surface area contributed by atoms with Crippen molar-refractivity contribution in [3.8, 4) is 5.75 Å². The van der Waals surface area contributed by atoms with Crippen molar-refractivity contribution in [3.63, 3.8) is 0 Å². The van der Waals surface area contributed by atoms with Gasteiger partial charge in [0.15, 0.2) is 5.65 Å². The normalized spacial score (nSPS) is 10.8. The van der Waals surface area contributed by atoms with Crippen LogP contribution in [0.25, 0.3) is 11.2 Å². The van der Waals surface area contributed by atoms with Crippen LogP contribution < -0.4 is 10.1 Å². The number of pyridine rings is 1. The SMILES string of the molecule is COCCn1c(CNC(=O)Cc2cccc(OC)c2)nc2cccnc21. The molecule has 0 radical (unpaired) electrons. The first-order valence-electron chi connectivity index (χ1n) is 8.40. The van der Waals surface area contributed by atoms with Crippen molar-refractivity contribution in [2.45, 2.75) is 19.5 Å². The predicted octanol–water partition coefficient (Wildman–Crippen LogP) is 1.95. The number of carbonyl (C=O) groups excluding carboxylic acids is 1. The first-order chi connectivity index (χ1) is 12.7. The molecular weight excluding hydrogens is 332 g/mol. The summed E-state index contributed by atoms with van der Waals surface area (Å²) in [7, 11) is 3.26. The summed E-state index contributed by atoms with van der Waals surface area (Å²) in [6.07, 6.45) is 2.02. The number of methoxy groups -OCH3 is 2. The number of benzene rings is 1. The lowest BCUT2D eigenvalue weighted by Gasteiger charge is -2.09. The Labute approximate surface area is 152 Å². The molecule has 0 saturated heterocycles. The van der Waals surface area contributed by atoms with Gasteiger partial charge in [0, 0.05) is 19.9 Å². The molecule has 1 aromatic carbocycles. The second-order valence-corrected chi connectivity index (χ2v) is 5.82. The highest BCUT2D eigenvalue weighted by molar-refractivity contribution is 5.78. The Morgan fingerprint density at radius 1 is 1.23 bits per heavy atom. The van der Waals surface area contributed by atoms with Gasteiger partial charge in [-0.05, 0) is 29.8 Å². The lowest BCUT2D eigenvalue weighted by Crippen LogP contribution is -2.26. The van der Waals surface area contributed by atoms with Crippen LogP contribution in [0.3, 0.4) is 0 Å². The fraction of sp³-hybridized carbons (Fsp3) is 0.316. The molecule has 0 atom stereocenters. The van der Waals surface area contributed by atoms with Gasteiger partial charge in [-0.15, -0.1) is 0 Å². The number of nitrogens with one attached hydrogen (secondary N) is 1. The summed E-state index contributed by atoms with van der Waals surface area (Å²) in [5, 5.41) is 2.93. The Morgan fingerprint density at radius 3 is 2.92 bits per heavy atom. The number of carbonyl (C=O) groups is 1. The van der Waals surface area contributed by atoms with Crippen LogP contribution in [0.4, 0.5) is 0 Å². The molecule has 0 fully saturated rings. The monoisotopic (exact) mass is 354 g/mol. The van der Waals surface area contributed by atoms with E-state index in [-0.39, 0.29) is 12.3 Å². The fourth-order valence-electron chi connectivity index (χ4n) is 2.77. The van der Waals surface area contributed by atoms with E-state index in [0.29, 0.717) is 19.7 Å². The Morgan fingerprint density at radius 2 is 2.12 bits per heavy atom. The minimum absolute atomic E-state index is 0.0726. The number of nitrogens with zero attached hydrogens (tertiary/aromatic N) is 3. The molecule has 1 amide bonds. The zero-order chi connectivity index (χ0) is 18.4. The second kappa shape index (κ2) is 8.44. The number of fused-ring (bicyclic) bond motifs is 1. The van der Waals surface area contributed by atoms with E-state index in [4.69, 9.17) is 9.47 Å². The van der Waals surface area contributed by atoms with E-state index in [1.165, 1.54) is 0 Å². The maximum absolute atomic E-state index is 12.3. The summed E-state index contributed by atoms with van der Waals surface area (Å²) >= 11 is 0. The van der Waals surface area contributed by atoms with Crippen molar-refractivity contribution in [2.75, 3.05) is 20.8 Å². The van der Waals surface area contributed by atoms with E-state index in [2.05, 4.69) is 15.3 Å². The third kappa shape index (κ3) is 4.18. The average molecular weight is 354 g/mol. The second-order valence-electron chi connectivity index (χ2n) is 5.82. The molecule has 3 aromatic rings. The van der Waals surface area contributed by atoms with Crippen LogP contribution in [0.5, 0.6) is 5.75 Å². The van der Waals surface area contributed by atoms with Gasteiger partial charge in [-0.1, -0.05) is 12.1 Å². The summed E-state index contributed by atoms with van der Waals surface area (Å²) in [4.78, 5) is 21.3. The maximum Gasteiger partial charge on any atom is 0.224 e. The molecule has 0 bridgehead atoms. The Bertz CT molecular complexity index is 891. The Kier molecular flexibility index (Phi) is 5.80. The van der Waals surface area contributed by atoms with Crippen LogP contribution in [0.1, 0.15) is 11.4 Å². The summed E-state index contributed by atoms with van der Waals surface area (Å²) in [6, 6.07) is 11.2. The van der Waals surface area contributed by atoms with Crippen molar-refractivity contribution in [1.29, 1.82) is 0 Å². The van der Waals surface area contributed by atoms with Gasteiger partial charge in [-0.2, -0.15) is 0 Å². The molecule has 0 aliphatic rings. The Balaban J connectivity index is 1.69. The molecule has 3 rings (SSSR count). The highest BCUT2D eigenvalue weighted by atomic mass is 16.5. The van der Waals surface area contributed by atoms with Crippen LogP contribution >= 0.6 is 0 Å². The van der Waals surface area contributed by atoms with Gasteiger partial charge in [0.25, 0.3) is 0 Å². The zero-order valence-electron chi connectivity index (χ0n) is 14.9. The number of ether oxygens (including phenoxy) is 2. The molecule has 1 N–H and O–H groups in total. The van der Waals surface area contributed by atoms with E-state index in [9.17, 15) is 4.79 Å². The summed E-state index contributed by atoms with van der Waals surface area (Å²) < 4.78 is 12.3. The highest BCUT2D eigenvalue weighted by Crippen LogP contribution is 2.15. The summed E-state index contributed by atoms with van der Waals surface area (Å²) in [5.74, 6) is 1.43. The Hall–Kier alpha value is -2.93. The predicted molar refractivity (Wildman–Crippen MR) is 97.9 cm³/mol. The largest absolute Gasteiger partial charge is 0.497 e. The van der Waals surface area contributed by atoms with Gasteiger partial charge >= 0.3 is 0 Å². The molecule has 0 saturated carbocycles. The smallest absolute Gasteiger partial charge is 0.224 e. The third-order valence-electron chi connectivity index (χ3n) is 4.04. The van der Waals surface area contributed by atoms with Crippen molar-refractivity contribution >= 4 is 17.1 Å². The van der Waals surface area contributed by atoms with Gasteiger partial charge in [0.05, 0.1) is 26.7 Å². The minimum atomic E-state index is -0.0726. The van der Waals surface area contributed by atoms with Crippen LogP contribution in [0, 0.1) is 0 Å². The molecule has 0 spiro atoms. The van der Waals surface area contributed by atoms with Gasteiger partial charge in [0.1, 0.15) is 17.1 Å². The number of hydrogen-bond donors (Lipinski definition) is 1. The molecule has 0 unspecified atom stereocenters. The van der Waals surface area contributed by atoms with Gasteiger partial charge in [0.2, 0.25) is 5.91 Å². The van der Waals surface area contributed by atoms with Crippen molar-refractivity contribution in [2.24, 2.45) is 0 Å². The van der Waals surface area contributed by atoms with Crippen molar-refractivity contribution in [3.05, 3.63) is 54.0 Å². The summed E-state index contributed by atoms with van der Waals surface area (Å²) in [6.45, 7) is 1.51. The zero-order valence-corrected chi connectivity index (χ0v) is 14.9. The number of aromatic nitrogens is 3. The first-order valence-corrected chi connectivity index (χ1v) is 8.40. The van der Waals surface area contributed by atoms with Crippen molar-refractivity contribution < 1.29 is 14.3 Å². The van der Waals surface area contributed by atoms with Crippen LogP contribution in [-0.4, -0.2) is 41.3 Å². The van der Waals surface area contributed by atoms with E-state index >= 15 is 0 Å². The van der Waals surface area contributed by atoms with E-state index < -0.39 is 0 Å². The van der Waals surface area contributed by atoms with Gasteiger partial charge in [-0.25, -0.2) is 9.97 Å². The van der Waals surface area contributed by atoms with Crippen LogP contribution in [0.15, 0.2) is 42.6 Å². The molecule has 0 aliphatic heterocycles. The molecule has 0 aliphatic carbocycles. The van der Waals surface area contributed by atoms with E-state index in [1.54, 1.807) is 20.4 Å². The number of amides is 1. The lowest BCUT2D eigenvalue weighted by atomic mass is 10.1. The lowest BCUT2D eigenvalue weighted by molar-refractivity contribution is -0.120. The number of hydrogen-bond acceptors (Lipinski definition) is 5. The molecular formula is C19H22N4O3. The minimum Gasteiger partial charge on any atom is -0.497 e. The van der Waals surface area contributed by atoms with Crippen molar-refractivity contribution in [1.82, 2.24) is 19.9 Å². The quantitative estimate of drug-likeness (QED) is 0.669. The van der Waals surface area contributed by atoms with E-state index in [0.717, 1.165) is 28.3 Å². The van der Waals surface area contributed by atoms with Crippen LogP contribution in [0.2, 0.25) is 0 Å². The molecule has 26 heavy (non-hydrogen) atoms. The maximum atomic E-state index is 12.3. The standard InChI is InChI=1S/C19H22N4O3/c1-25-10-9-23-17(22-16-7-4-8-20-19(16)23)13-21-18(24)12-14-5-3-6-15(11-14)26-2/h3-8,11H,9-10,12-13H2,1-2H3,(H,21,24). The fourth-order valence-corrected chi connectivity index (χ4v) is 2.77. The molecule has 7 nitrogen and oxygen atoms in total. The topological polar surface area (TPSA) is 78.3 Å². The third-order valence-corrected chi connectivity index (χ3v) is 4.04. The van der Waals surface area contributed by atoms with E-state index in [1.807, 2.05) is 41.0 Å². The number of imidazole rings is 1.